The number of likely N-dealkylation sites (tertiary alicyclic amines) is 1. The van der Waals surface area contributed by atoms with Crippen molar-refractivity contribution in [2.75, 3.05) is 19.6 Å². The predicted molar refractivity (Wildman–Crippen MR) is 134 cm³/mol. The van der Waals surface area contributed by atoms with E-state index in [-0.39, 0.29) is 12.9 Å². The topological polar surface area (TPSA) is 75.9 Å². The van der Waals surface area contributed by atoms with Crippen LogP contribution < -0.4 is 5.32 Å². The normalized spacial score (nSPS) is 19.1. The summed E-state index contributed by atoms with van der Waals surface area (Å²) in [5, 5.41) is 9.13. The van der Waals surface area contributed by atoms with Gasteiger partial charge in [-0.25, -0.2) is 4.79 Å². The molecule has 1 saturated heterocycles. The fourth-order valence-corrected chi connectivity index (χ4v) is 5.42. The Labute approximate surface area is 200 Å². The van der Waals surface area contributed by atoms with Crippen molar-refractivity contribution in [3.8, 4) is 11.3 Å². The molecule has 2 aliphatic rings. The molecule has 1 aromatic carbocycles. The molecule has 174 valence electrons. The molecule has 2 aliphatic heterocycles. The van der Waals surface area contributed by atoms with Crippen LogP contribution >= 0.6 is 0 Å². The van der Waals surface area contributed by atoms with Crippen molar-refractivity contribution in [3.63, 3.8) is 0 Å². The standard InChI is InChI=1S/C27H28N6O.H2/c34-26(29-12-4-6-20-5-3-11-28-17-20)32-13-9-27(19-32)10-14-33-25(27)16-24(31-33)22-15-21-7-1-2-8-23(21)30-18-22;/h1-3,5,7-8,11,15-18H,4,6,9-10,12-14,19H2,(H,29,34);1H. The van der Waals surface area contributed by atoms with Crippen LogP contribution in [0.3, 0.4) is 0 Å². The van der Waals surface area contributed by atoms with Crippen LogP contribution in [0.2, 0.25) is 0 Å². The van der Waals surface area contributed by atoms with E-state index in [9.17, 15) is 4.79 Å². The van der Waals surface area contributed by atoms with Gasteiger partial charge in [-0.2, -0.15) is 5.10 Å². The zero-order valence-electron chi connectivity index (χ0n) is 19.2. The molecule has 6 rings (SSSR count). The molecule has 7 nitrogen and oxygen atoms in total. The minimum absolute atomic E-state index is 0. The maximum atomic E-state index is 12.8. The Morgan fingerprint density at radius 1 is 1.09 bits per heavy atom. The number of rotatable bonds is 5. The van der Waals surface area contributed by atoms with Gasteiger partial charge in [0, 0.05) is 68.3 Å². The molecule has 1 fully saturated rings. The monoisotopic (exact) mass is 454 g/mol. The number of para-hydroxylation sites is 1. The average molecular weight is 455 g/mol. The van der Waals surface area contributed by atoms with Crippen molar-refractivity contribution in [1.82, 2.24) is 30.0 Å². The van der Waals surface area contributed by atoms with Crippen LogP contribution in [0.5, 0.6) is 0 Å². The number of carbonyl (C=O) groups is 1. The zero-order valence-corrected chi connectivity index (χ0v) is 19.2. The third-order valence-corrected chi connectivity index (χ3v) is 7.29. The number of nitrogens with one attached hydrogen (secondary N) is 1. The molecule has 34 heavy (non-hydrogen) atoms. The SMILES string of the molecule is O=C(NCCCc1cccnc1)N1CCC2(CCn3nc(-c4cnc5ccccc5c4)cc32)C1.[HH]. The van der Waals surface area contributed by atoms with E-state index in [1.54, 1.807) is 6.20 Å². The van der Waals surface area contributed by atoms with E-state index in [1.807, 2.05) is 41.6 Å². The summed E-state index contributed by atoms with van der Waals surface area (Å²) in [5.74, 6) is 0. The van der Waals surface area contributed by atoms with Crippen LogP contribution in [-0.2, 0) is 18.4 Å². The lowest BCUT2D eigenvalue weighted by Gasteiger charge is -2.23. The number of hydrogen-bond acceptors (Lipinski definition) is 4. The first-order valence-electron chi connectivity index (χ1n) is 12.1. The largest absolute Gasteiger partial charge is 0.338 e. The second kappa shape index (κ2) is 8.56. The predicted octanol–water partition coefficient (Wildman–Crippen LogP) is 4.43. The van der Waals surface area contributed by atoms with Crippen molar-refractivity contribution in [2.45, 2.75) is 37.6 Å². The highest BCUT2D eigenvalue weighted by molar-refractivity contribution is 5.82. The molecular formula is C27H30N6O. The van der Waals surface area contributed by atoms with E-state index in [0.717, 1.165) is 67.5 Å². The summed E-state index contributed by atoms with van der Waals surface area (Å²) >= 11 is 0. The van der Waals surface area contributed by atoms with Gasteiger partial charge in [0.25, 0.3) is 0 Å². The molecule has 4 aromatic rings. The van der Waals surface area contributed by atoms with E-state index >= 15 is 0 Å². The number of pyridine rings is 2. The second-order valence-corrected chi connectivity index (χ2v) is 9.45. The Hall–Kier alpha value is -3.74. The Bertz CT molecular complexity index is 1340. The number of aryl methyl sites for hydroxylation is 2. The molecule has 2 amide bonds. The Kier molecular flexibility index (Phi) is 5.24. The summed E-state index contributed by atoms with van der Waals surface area (Å²) in [7, 11) is 0. The Morgan fingerprint density at radius 3 is 2.91 bits per heavy atom. The number of carbonyl (C=O) groups excluding carboxylic acids is 1. The number of amides is 2. The van der Waals surface area contributed by atoms with Crippen LogP contribution in [0.1, 0.15) is 31.9 Å². The maximum Gasteiger partial charge on any atom is 0.317 e. The highest BCUT2D eigenvalue weighted by Crippen LogP contribution is 2.43. The molecule has 3 aromatic heterocycles. The van der Waals surface area contributed by atoms with Gasteiger partial charge in [-0.15, -0.1) is 0 Å². The first kappa shape index (κ1) is 20.8. The lowest BCUT2D eigenvalue weighted by Crippen LogP contribution is -2.40. The van der Waals surface area contributed by atoms with Crippen molar-refractivity contribution < 1.29 is 6.22 Å². The van der Waals surface area contributed by atoms with Gasteiger partial charge >= 0.3 is 6.03 Å². The molecule has 1 spiro atoms. The van der Waals surface area contributed by atoms with E-state index in [4.69, 9.17) is 5.10 Å². The van der Waals surface area contributed by atoms with Crippen LogP contribution in [-0.4, -0.2) is 50.3 Å². The van der Waals surface area contributed by atoms with Crippen LogP contribution in [0, 0.1) is 0 Å². The quantitative estimate of drug-likeness (QED) is 0.453. The smallest absolute Gasteiger partial charge is 0.317 e. The second-order valence-electron chi connectivity index (χ2n) is 9.45. The summed E-state index contributed by atoms with van der Waals surface area (Å²) in [5.41, 5.74) is 5.45. The van der Waals surface area contributed by atoms with Gasteiger partial charge in [-0.3, -0.25) is 14.6 Å². The first-order chi connectivity index (χ1) is 16.7. The number of hydrogen-bond donors (Lipinski definition) is 1. The molecule has 1 atom stereocenters. The van der Waals surface area contributed by atoms with Gasteiger partial charge in [-0.1, -0.05) is 24.3 Å². The van der Waals surface area contributed by atoms with E-state index in [1.165, 1.54) is 11.3 Å². The van der Waals surface area contributed by atoms with Crippen molar-refractivity contribution in [2.24, 2.45) is 0 Å². The molecule has 7 heteroatoms. The molecule has 0 bridgehead atoms. The minimum Gasteiger partial charge on any atom is -0.338 e. The Balaban J connectivity index is 0.00000253. The summed E-state index contributed by atoms with van der Waals surface area (Å²) < 4.78 is 2.14. The van der Waals surface area contributed by atoms with Gasteiger partial charge in [0.15, 0.2) is 0 Å². The van der Waals surface area contributed by atoms with Crippen LogP contribution in [0.15, 0.2) is 67.1 Å². The molecule has 0 radical (unpaired) electrons. The van der Waals surface area contributed by atoms with Crippen molar-refractivity contribution >= 4 is 16.9 Å². The highest BCUT2D eigenvalue weighted by Gasteiger charge is 2.46. The fraction of sp³-hybridized carbons (Fsp3) is 0.333. The average Bonchev–Trinajstić information content (AvgIpc) is 3.59. The van der Waals surface area contributed by atoms with E-state index in [0.29, 0.717) is 6.54 Å². The van der Waals surface area contributed by atoms with Gasteiger partial charge in [0.2, 0.25) is 0 Å². The van der Waals surface area contributed by atoms with Crippen molar-refractivity contribution in [1.29, 1.82) is 0 Å². The lowest BCUT2D eigenvalue weighted by molar-refractivity contribution is 0.205. The summed E-state index contributed by atoms with van der Waals surface area (Å²) in [6.45, 7) is 3.11. The molecule has 0 aliphatic carbocycles. The summed E-state index contributed by atoms with van der Waals surface area (Å²) in [4.78, 5) is 23.6. The first-order valence-corrected chi connectivity index (χ1v) is 12.1. The van der Waals surface area contributed by atoms with Gasteiger partial charge in [-0.05, 0) is 55.5 Å². The maximum absolute atomic E-state index is 12.8. The number of benzene rings is 1. The van der Waals surface area contributed by atoms with E-state index < -0.39 is 0 Å². The van der Waals surface area contributed by atoms with Crippen LogP contribution in [0.4, 0.5) is 4.79 Å². The number of nitrogens with zero attached hydrogens (tertiary/aromatic N) is 5. The van der Waals surface area contributed by atoms with Crippen LogP contribution in [0.25, 0.3) is 22.2 Å². The molecule has 0 saturated carbocycles. The number of fused-ring (bicyclic) bond motifs is 3. The summed E-state index contributed by atoms with van der Waals surface area (Å²) in [6, 6.07) is 16.6. The molecule has 1 unspecified atom stereocenters. The molecule has 5 heterocycles. The minimum atomic E-state index is 0. The fourth-order valence-electron chi connectivity index (χ4n) is 5.42. The third kappa shape index (κ3) is 3.81. The molecule has 1 N–H and O–H groups in total. The van der Waals surface area contributed by atoms with Gasteiger partial charge < -0.3 is 10.2 Å². The third-order valence-electron chi connectivity index (χ3n) is 7.29. The zero-order chi connectivity index (χ0) is 23.0. The van der Waals surface area contributed by atoms with Gasteiger partial charge in [0.05, 0.1) is 11.2 Å². The van der Waals surface area contributed by atoms with Gasteiger partial charge in [0.1, 0.15) is 0 Å². The van der Waals surface area contributed by atoms with E-state index in [2.05, 4.69) is 44.2 Å². The summed E-state index contributed by atoms with van der Waals surface area (Å²) in [6.07, 6.45) is 9.43. The number of urea groups is 1. The highest BCUT2D eigenvalue weighted by atomic mass is 16.2. The molecular weight excluding hydrogens is 424 g/mol. The number of aromatic nitrogens is 4. The Morgan fingerprint density at radius 2 is 2.00 bits per heavy atom. The lowest BCUT2D eigenvalue weighted by atomic mass is 9.82. The van der Waals surface area contributed by atoms with Crippen molar-refractivity contribution in [3.05, 3.63) is 78.4 Å².